The number of alkyl halides is 1. The fraction of sp³-hybridized carbons (Fsp3) is 0.200. The van der Waals surface area contributed by atoms with Crippen LogP contribution in [0, 0.1) is 11.3 Å². The number of pyridine rings is 1. The van der Waals surface area contributed by atoms with E-state index in [0.717, 1.165) is 35.0 Å². The second-order valence-electron chi connectivity index (χ2n) is 4.02. The lowest BCUT2D eigenvalue weighted by atomic mass is 10.1. The van der Waals surface area contributed by atoms with E-state index in [0.29, 0.717) is 5.56 Å². The van der Waals surface area contributed by atoms with Gasteiger partial charge in [-0.2, -0.15) is 5.26 Å². The second kappa shape index (κ2) is 6.32. The SMILES string of the molecule is N#Cc1ccc(-c2ccc(CCCBr)nc2)cc1. The zero-order chi connectivity index (χ0) is 12.8. The van der Waals surface area contributed by atoms with Gasteiger partial charge in [0.1, 0.15) is 0 Å². The van der Waals surface area contributed by atoms with Gasteiger partial charge in [0.2, 0.25) is 0 Å². The standard InChI is InChI=1S/C15H13BrN2/c16-9-1-2-15-8-7-14(11-18-15)13-5-3-12(10-17)4-6-13/h3-8,11H,1-2,9H2. The molecule has 1 aromatic carbocycles. The summed E-state index contributed by atoms with van der Waals surface area (Å²) in [7, 11) is 0. The third-order valence-electron chi connectivity index (χ3n) is 2.74. The fourth-order valence-electron chi connectivity index (χ4n) is 1.73. The topological polar surface area (TPSA) is 36.7 Å². The minimum Gasteiger partial charge on any atom is -0.261 e. The highest BCUT2D eigenvalue weighted by Gasteiger charge is 2.00. The molecule has 0 saturated carbocycles. The smallest absolute Gasteiger partial charge is 0.0991 e. The van der Waals surface area contributed by atoms with E-state index in [-0.39, 0.29) is 0 Å². The van der Waals surface area contributed by atoms with Crippen molar-refractivity contribution in [1.29, 1.82) is 5.26 Å². The maximum atomic E-state index is 8.75. The number of nitriles is 1. The van der Waals surface area contributed by atoms with Crippen LogP contribution in [0.4, 0.5) is 0 Å². The lowest BCUT2D eigenvalue weighted by molar-refractivity contribution is 0.897. The molecule has 0 aliphatic rings. The molecule has 2 aromatic rings. The molecule has 2 rings (SSSR count). The first kappa shape index (κ1) is 12.8. The molecule has 0 atom stereocenters. The minimum atomic E-state index is 0.681. The van der Waals surface area contributed by atoms with Crippen LogP contribution >= 0.6 is 15.9 Å². The average Bonchev–Trinajstić information content (AvgIpc) is 2.46. The Balaban J connectivity index is 2.15. The summed E-state index contributed by atoms with van der Waals surface area (Å²) in [5.74, 6) is 0. The highest BCUT2D eigenvalue weighted by atomic mass is 79.9. The van der Waals surface area contributed by atoms with Gasteiger partial charge < -0.3 is 0 Å². The molecule has 0 aliphatic carbocycles. The fourth-order valence-corrected chi connectivity index (χ4v) is 2.01. The van der Waals surface area contributed by atoms with Crippen LogP contribution in [-0.4, -0.2) is 10.3 Å². The molecular weight excluding hydrogens is 288 g/mol. The van der Waals surface area contributed by atoms with E-state index in [4.69, 9.17) is 5.26 Å². The van der Waals surface area contributed by atoms with Gasteiger partial charge in [-0.15, -0.1) is 0 Å². The summed E-state index contributed by atoms with van der Waals surface area (Å²) in [6.45, 7) is 0. The number of nitrogens with zero attached hydrogens (tertiary/aromatic N) is 2. The van der Waals surface area contributed by atoms with Crippen LogP contribution in [0.25, 0.3) is 11.1 Å². The molecule has 0 aliphatic heterocycles. The maximum Gasteiger partial charge on any atom is 0.0991 e. The molecule has 0 bridgehead atoms. The van der Waals surface area contributed by atoms with Crippen molar-refractivity contribution >= 4 is 15.9 Å². The Labute approximate surface area is 115 Å². The molecule has 2 nitrogen and oxygen atoms in total. The number of hydrogen-bond acceptors (Lipinski definition) is 2. The molecule has 3 heteroatoms. The van der Waals surface area contributed by atoms with Gasteiger partial charge in [-0.3, -0.25) is 4.98 Å². The normalized spacial score (nSPS) is 10.0. The average molecular weight is 301 g/mol. The van der Waals surface area contributed by atoms with Gasteiger partial charge in [0.15, 0.2) is 0 Å². The lowest BCUT2D eigenvalue weighted by Gasteiger charge is -2.03. The zero-order valence-electron chi connectivity index (χ0n) is 9.94. The van der Waals surface area contributed by atoms with Gasteiger partial charge >= 0.3 is 0 Å². The quantitative estimate of drug-likeness (QED) is 0.802. The Kier molecular flexibility index (Phi) is 4.49. The molecule has 90 valence electrons. The van der Waals surface area contributed by atoms with Crippen LogP contribution in [0.1, 0.15) is 17.7 Å². The predicted octanol–water partition coefficient (Wildman–Crippen LogP) is 3.95. The zero-order valence-corrected chi connectivity index (χ0v) is 11.5. The summed E-state index contributed by atoms with van der Waals surface area (Å²) in [5.41, 5.74) is 3.98. The monoisotopic (exact) mass is 300 g/mol. The highest BCUT2D eigenvalue weighted by molar-refractivity contribution is 9.09. The van der Waals surface area contributed by atoms with Gasteiger partial charge in [-0.25, -0.2) is 0 Å². The lowest BCUT2D eigenvalue weighted by Crippen LogP contribution is -1.91. The van der Waals surface area contributed by atoms with Crippen molar-refractivity contribution in [2.75, 3.05) is 5.33 Å². The number of hydrogen-bond donors (Lipinski definition) is 0. The maximum absolute atomic E-state index is 8.75. The van der Waals surface area contributed by atoms with Crippen molar-refractivity contribution in [3.05, 3.63) is 53.9 Å². The molecular formula is C15H13BrN2. The Morgan fingerprint density at radius 3 is 2.33 bits per heavy atom. The van der Waals surface area contributed by atoms with Crippen LogP contribution in [0.5, 0.6) is 0 Å². The van der Waals surface area contributed by atoms with Gasteiger partial charge in [0.25, 0.3) is 0 Å². The van der Waals surface area contributed by atoms with E-state index in [1.54, 1.807) is 0 Å². The molecule has 18 heavy (non-hydrogen) atoms. The highest BCUT2D eigenvalue weighted by Crippen LogP contribution is 2.19. The van der Waals surface area contributed by atoms with E-state index >= 15 is 0 Å². The van der Waals surface area contributed by atoms with E-state index in [2.05, 4.69) is 39.1 Å². The summed E-state index contributed by atoms with van der Waals surface area (Å²) in [5, 5.41) is 9.76. The Hall–Kier alpha value is -1.66. The Bertz CT molecular complexity index is 538. The molecule has 0 spiro atoms. The van der Waals surface area contributed by atoms with Crippen LogP contribution in [-0.2, 0) is 6.42 Å². The van der Waals surface area contributed by atoms with Crippen LogP contribution in [0.3, 0.4) is 0 Å². The van der Waals surface area contributed by atoms with Crippen LogP contribution in [0.2, 0.25) is 0 Å². The largest absolute Gasteiger partial charge is 0.261 e. The molecule has 0 amide bonds. The first-order valence-electron chi connectivity index (χ1n) is 5.85. The molecule has 0 N–H and O–H groups in total. The Morgan fingerprint density at radius 2 is 1.78 bits per heavy atom. The van der Waals surface area contributed by atoms with Gasteiger partial charge in [-0.05, 0) is 36.6 Å². The summed E-state index contributed by atoms with van der Waals surface area (Å²) >= 11 is 3.42. The number of rotatable bonds is 4. The van der Waals surface area contributed by atoms with Crippen molar-refractivity contribution < 1.29 is 0 Å². The van der Waals surface area contributed by atoms with E-state index in [9.17, 15) is 0 Å². The van der Waals surface area contributed by atoms with Crippen molar-refractivity contribution in [2.45, 2.75) is 12.8 Å². The minimum absolute atomic E-state index is 0.681. The van der Waals surface area contributed by atoms with E-state index in [1.165, 1.54) is 0 Å². The Morgan fingerprint density at radius 1 is 1.06 bits per heavy atom. The summed E-state index contributed by atoms with van der Waals surface area (Å²) in [6.07, 6.45) is 3.99. The molecule has 1 heterocycles. The number of halogens is 1. The first-order valence-corrected chi connectivity index (χ1v) is 6.97. The second-order valence-corrected chi connectivity index (χ2v) is 4.81. The molecule has 0 radical (unpaired) electrons. The van der Waals surface area contributed by atoms with Crippen LogP contribution in [0.15, 0.2) is 42.6 Å². The number of aromatic nitrogens is 1. The van der Waals surface area contributed by atoms with E-state index < -0.39 is 0 Å². The van der Waals surface area contributed by atoms with Crippen molar-refractivity contribution in [1.82, 2.24) is 4.98 Å². The third kappa shape index (κ3) is 3.18. The number of aryl methyl sites for hydroxylation is 1. The van der Waals surface area contributed by atoms with E-state index in [1.807, 2.05) is 30.5 Å². The van der Waals surface area contributed by atoms with Gasteiger partial charge in [0, 0.05) is 22.8 Å². The molecule has 0 unspecified atom stereocenters. The molecule has 0 fully saturated rings. The summed E-state index contributed by atoms with van der Waals surface area (Å²) < 4.78 is 0. The first-order chi connectivity index (χ1) is 8.83. The van der Waals surface area contributed by atoms with Crippen LogP contribution < -0.4 is 0 Å². The van der Waals surface area contributed by atoms with Crippen molar-refractivity contribution in [3.8, 4) is 17.2 Å². The van der Waals surface area contributed by atoms with Gasteiger partial charge in [0.05, 0.1) is 11.6 Å². The third-order valence-corrected chi connectivity index (χ3v) is 3.30. The van der Waals surface area contributed by atoms with Crippen molar-refractivity contribution in [3.63, 3.8) is 0 Å². The summed E-state index contributed by atoms with van der Waals surface area (Å²) in [6, 6.07) is 13.8. The molecule has 0 saturated heterocycles. The number of benzene rings is 1. The van der Waals surface area contributed by atoms with Gasteiger partial charge in [-0.1, -0.05) is 34.1 Å². The van der Waals surface area contributed by atoms with Crippen molar-refractivity contribution in [2.24, 2.45) is 0 Å². The predicted molar refractivity (Wildman–Crippen MR) is 76.5 cm³/mol. The summed E-state index contributed by atoms with van der Waals surface area (Å²) in [4.78, 5) is 4.45. The molecule has 1 aromatic heterocycles.